The van der Waals surface area contributed by atoms with Gasteiger partial charge in [-0.2, -0.15) is 0 Å². The minimum Gasteiger partial charge on any atom is -0.465 e. The van der Waals surface area contributed by atoms with Gasteiger partial charge in [-0.1, -0.05) is 18.2 Å². The van der Waals surface area contributed by atoms with Crippen molar-refractivity contribution in [2.75, 3.05) is 20.3 Å². The van der Waals surface area contributed by atoms with E-state index in [0.717, 1.165) is 0 Å². The first-order valence-corrected chi connectivity index (χ1v) is 6.62. The second-order valence-corrected chi connectivity index (χ2v) is 4.03. The first-order valence-electron chi connectivity index (χ1n) is 6.62. The predicted molar refractivity (Wildman–Crippen MR) is 75.7 cm³/mol. The summed E-state index contributed by atoms with van der Waals surface area (Å²) < 4.78 is 14.1. The standard InChI is InChI=1S/C15H19NO5/c1-3-20-14(17)12(13-9-4-6-10-16-13)8-5-7-11-21-15(18)19-2/h4-7,9-10,12H,3,8,11H2,1-2H3/b7-5+. The number of esters is 1. The molecule has 1 aromatic rings. The number of hydrogen-bond acceptors (Lipinski definition) is 6. The molecule has 1 aromatic heterocycles. The Morgan fingerprint density at radius 1 is 1.29 bits per heavy atom. The molecular formula is C15H19NO5. The maximum absolute atomic E-state index is 12.0. The first-order chi connectivity index (χ1) is 10.2. The molecule has 0 N–H and O–H groups in total. The quantitative estimate of drug-likeness (QED) is 0.568. The third kappa shape index (κ3) is 6.07. The third-order valence-electron chi connectivity index (χ3n) is 2.62. The molecule has 0 radical (unpaired) electrons. The Morgan fingerprint density at radius 3 is 2.71 bits per heavy atom. The topological polar surface area (TPSA) is 74.7 Å². The van der Waals surface area contributed by atoms with Gasteiger partial charge in [-0.3, -0.25) is 9.78 Å². The smallest absolute Gasteiger partial charge is 0.465 e. The lowest BCUT2D eigenvalue weighted by molar-refractivity contribution is -0.145. The number of carbonyl (C=O) groups excluding carboxylic acids is 2. The summed E-state index contributed by atoms with van der Waals surface area (Å²) in [5.41, 5.74) is 0.648. The summed E-state index contributed by atoms with van der Waals surface area (Å²) in [6.45, 7) is 2.16. The van der Waals surface area contributed by atoms with Gasteiger partial charge in [0.1, 0.15) is 12.5 Å². The number of methoxy groups -OCH3 is 1. The van der Waals surface area contributed by atoms with Crippen LogP contribution in [0.1, 0.15) is 25.0 Å². The minimum atomic E-state index is -0.744. The highest BCUT2D eigenvalue weighted by molar-refractivity contribution is 5.77. The lowest BCUT2D eigenvalue weighted by atomic mass is 10.0. The summed E-state index contributed by atoms with van der Waals surface area (Å²) in [6, 6.07) is 5.38. The maximum Gasteiger partial charge on any atom is 0.508 e. The van der Waals surface area contributed by atoms with E-state index in [4.69, 9.17) is 9.47 Å². The fourth-order valence-corrected chi connectivity index (χ4v) is 1.64. The average Bonchev–Trinajstić information content (AvgIpc) is 2.51. The van der Waals surface area contributed by atoms with E-state index in [2.05, 4.69) is 9.72 Å². The van der Waals surface area contributed by atoms with Crippen LogP contribution in [0.2, 0.25) is 0 Å². The normalized spacial score (nSPS) is 11.9. The molecule has 1 heterocycles. The Balaban J connectivity index is 2.60. The fourth-order valence-electron chi connectivity index (χ4n) is 1.64. The molecule has 0 saturated carbocycles. The van der Waals surface area contributed by atoms with E-state index in [1.807, 2.05) is 6.07 Å². The summed E-state index contributed by atoms with van der Waals surface area (Å²) in [7, 11) is 1.24. The van der Waals surface area contributed by atoms with E-state index in [-0.39, 0.29) is 12.6 Å². The molecule has 6 nitrogen and oxygen atoms in total. The van der Waals surface area contributed by atoms with E-state index < -0.39 is 12.1 Å². The Bertz CT molecular complexity index is 472. The van der Waals surface area contributed by atoms with Crippen molar-refractivity contribution in [3.8, 4) is 0 Å². The van der Waals surface area contributed by atoms with Gasteiger partial charge in [0, 0.05) is 6.20 Å². The molecular weight excluding hydrogens is 274 g/mol. The number of hydrogen-bond donors (Lipinski definition) is 0. The Hall–Kier alpha value is -2.37. The molecule has 1 atom stereocenters. The minimum absolute atomic E-state index is 0.0877. The van der Waals surface area contributed by atoms with Gasteiger partial charge in [-0.25, -0.2) is 4.79 Å². The number of ether oxygens (including phenoxy) is 3. The third-order valence-corrected chi connectivity index (χ3v) is 2.62. The Labute approximate surface area is 123 Å². The van der Waals surface area contributed by atoms with Crippen molar-refractivity contribution in [2.45, 2.75) is 19.3 Å². The van der Waals surface area contributed by atoms with Crippen molar-refractivity contribution in [3.63, 3.8) is 0 Å². The molecule has 0 saturated heterocycles. The van der Waals surface area contributed by atoms with Crippen molar-refractivity contribution >= 4 is 12.1 Å². The highest BCUT2D eigenvalue weighted by Crippen LogP contribution is 2.19. The summed E-state index contributed by atoms with van der Waals surface area (Å²) in [6.07, 6.45) is 4.70. The maximum atomic E-state index is 12.0. The number of aromatic nitrogens is 1. The molecule has 0 aromatic carbocycles. The zero-order valence-electron chi connectivity index (χ0n) is 12.2. The van der Waals surface area contributed by atoms with E-state index in [0.29, 0.717) is 18.7 Å². The number of allylic oxidation sites excluding steroid dienone is 1. The summed E-state index contributed by atoms with van der Waals surface area (Å²) in [5, 5.41) is 0. The van der Waals surface area contributed by atoms with Crippen LogP contribution in [0.4, 0.5) is 4.79 Å². The molecule has 0 fully saturated rings. The van der Waals surface area contributed by atoms with Gasteiger partial charge in [0.2, 0.25) is 0 Å². The summed E-state index contributed by atoms with van der Waals surface area (Å²) >= 11 is 0. The SMILES string of the molecule is CCOC(=O)C(C/C=C/COC(=O)OC)c1ccccn1. The van der Waals surface area contributed by atoms with Crippen LogP contribution < -0.4 is 0 Å². The number of rotatable bonds is 7. The van der Waals surface area contributed by atoms with Crippen LogP contribution in [0.25, 0.3) is 0 Å². The molecule has 0 aliphatic carbocycles. The van der Waals surface area contributed by atoms with Crippen LogP contribution in [0, 0.1) is 0 Å². The van der Waals surface area contributed by atoms with Gasteiger partial charge in [0.05, 0.1) is 19.4 Å². The molecule has 1 unspecified atom stereocenters. The Morgan fingerprint density at radius 2 is 2.10 bits per heavy atom. The van der Waals surface area contributed by atoms with Gasteiger partial charge < -0.3 is 14.2 Å². The summed E-state index contributed by atoms with van der Waals surface area (Å²) in [4.78, 5) is 26.9. The van der Waals surface area contributed by atoms with Crippen molar-refractivity contribution in [1.82, 2.24) is 4.98 Å². The molecule has 114 valence electrons. The van der Waals surface area contributed by atoms with Gasteiger partial charge >= 0.3 is 12.1 Å². The van der Waals surface area contributed by atoms with Gasteiger partial charge in [0.25, 0.3) is 0 Å². The molecule has 0 bridgehead atoms. The van der Waals surface area contributed by atoms with Crippen molar-refractivity contribution in [3.05, 3.63) is 42.2 Å². The second kappa shape index (κ2) is 9.52. The van der Waals surface area contributed by atoms with E-state index in [9.17, 15) is 9.59 Å². The van der Waals surface area contributed by atoms with Gasteiger partial charge in [-0.15, -0.1) is 0 Å². The van der Waals surface area contributed by atoms with E-state index in [1.54, 1.807) is 37.4 Å². The zero-order chi connectivity index (χ0) is 15.5. The predicted octanol–water partition coefficient (Wildman–Crippen LogP) is 2.46. The van der Waals surface area contributed by atoms with E-state index in [1.165, 1.54) is 7.11 Å². The van der Waals surface area contributed by atoms with Crippen molar-refractivity contribution < 1.29 is 23.8 Å². The molecule has 21 heavy (non-hydrogen) atoms. The second-order valence-electron chi connectivity index (χ2n) is 4.03. The number of nitrogens with zero attached hydrogens (tertiary/aromatic N) is 1. The average molecular weight is 293 g/mol. The Kier molecular flexibility index (Phi) is 7.56. The van der Waals surface area contributed by atoms with Crippen LogP contribution in [-0.4, -0.2) is 37.4 Å². The van der Waals surface area contributed by atoms with Crippen LogP contribution in [0.3, 0.4) is 0 Å². The lowest BCUT2D eigenvalue weighted by Crippen LogP contribution is -2.16. The van der Waals surface area contributed by atoms with Crippen LogP contribution in [0.5, 0.6) is 0 Å². The van der Waals surface area contributed by atoms with E-state index >= 15 is 0 Å². The van der Waals surface area contributed by atoms with Crippen molar-refractivity contribution in [2.24, 2.45) is 0 Å². The van der Waals surface area contributed by atoms with Crippen LogP contribution in [0.15, 0.2) is 36.5 Å². The van der Waals surface area contributed by atoms with Gasteiger partial charge in [0.15, 0.2) is 0 Å². The first kappa shape index (κ1) is 16.7. The van der Waals surface area contributed by atoms with Crippen LogP contribution >= 0.6 is 0 Å². The fraction of sp³-hybridized carbons (Fsp3) is 0.400. The lowest BCUT2D eigenvalue weighted by Gasteiger charge is -2.13. The molecule has 0 amide bonds. The zero-order valence-corrected chi connectivity index (χ0v) is 12.2. The molecule has 0 spiro atoms. The molecule has 1 rings (SSSR count). The summed E-state index contributed by atoms with van der Waals surface area (Å²) in [5.74, 6) is -0.796. The largest absolute Gasteiger partial charge is 0.508 e. The van der Waals surface area contributed by atoms with Gasteiger partial charge in [-0.05, 0) is 25.5 Å². The van der Waals surface area contributed by atoms with Crippen molar-refractivity contribution in [1.29, 1.82) is 0 Å². The highest BCUT2D eigenvalue weighted by Gasteiger charge is 2.21. The molecule has 6 heteroatoms. The molecule has 0 aliphatic rings. The monoisotopic (exact) mass is 293 g/mol. The van der Waals surface area contributed by atoms with Crippen LogP contribution in [-0.2, 0) is 19.0 Å². The highest BCUT2D eigenvalue weighted by atomic mass is 16.7. The molecule has 0 aliphatic heterocycles. The number of carbonyl (C=O) groups is 2. The number of pyridine rings is 1.